The molecule has 0 unspecified atom stereocenters. The smallest absolute Gasteiger partial charge is 0.255 e. The van der Waals surface area contributed by atoms with Crippen LogP contribution in [0, 0.1) is 5.82 Å². The van der Waals surface area contributed by atoms with E-state index in [2.05, 4.69) is 0 Å². The van der Waals surface area contributed by atoms with Crippen molar-refractivity contribution in [3.8, 4) is 0 Å². The first-order chi connectivity index (χ1) is 15.2. The van der Waals surface area contributed by atoms with Gasteiger partial charge in [0.05, 0.1) is 22.0 Å². The summed E-state index contributed by atoms with van der Waals surface area (Å²) < 4.78 is 63.8. The summed E-state index contributed by atoms with van der Waals surface area (Å²) in [5, 5.41) is -0.0813. The minimum atomic E-state index is -3.84. The maximum Gasteiger partial charge on any atom is 0.255 e. The predicted molar refractivity (Wildman–Crippen MR) is 120 cm³/mol. The number of hydrogen-bond acceptors (Lipinski definition) is 6. The Balaban J connectivity index is 1.44. The number of sulfone groups is 1. The van der Waals surface area contributed by atoms with Gasteiger partial charge in [-0.1, -0.05) is 18.2 Å². The lowest BCUT2D eigenvalue weighted by molar-refractivity contribution is 0.0694. The van der Waals surface area contributed by atoms with Crippen LogP contribution in [0.15, 0.2) is 58.3 Å². The normalized spacial score (nSPS) is 21.5. The van der Waals surface area contributed by atoms with E-state index in [-0.39, 0.29) is 53.7 Å². The number of thioether (sulfide) groups is 1. The Morgan fingerprint density at radius 3 is 2.41 bits per heavy atom. The molecule has 2 aromatic rings. The highest BCUT2D eigenvalue weighted by Crippen LogP contribution is 2.33. The second-order valence-electron chi connectivity index (χ2n) is 7.79. The molecule has 1 atom stereocenters. The lowest BCUT2D eigenvalue weighted by atomic mass is 10.2. The van der Waals surface area contributed by atoms with Gasteiger partial charge in [-0.05, 0) is 36.8 Å². The first-order valence-corrected chi connectivity index (χ1v) is 14.3. The van der Waals surface area contributed by atoms with Gasteiger partial charge in [0.1, 0.15) is 5.82 Å². The van der Waals surface area contributed by atoms with Gasteiger partial charge in [-0.25, -0.2) is 21.2 Å². The van der Waals surface area contributed by atoms with Crippen LogP contribution in [0.2, 0.25) is 0 Å². The molecule has 0 N–H and O–H groups in total. The molecular weight excluding hydrogens is 475 g/mol. The maximum absolute atomic E-state index is 13.5. The van der Waals surface area contributed by atoms with Gasteiger partial charge in [-0.2, -0.15) is 4.31 Å². The Morgan fingerprint density at radius 2 is 1.75 bits per heavy atom. The molecule has 11 heteroatoms. The molecular formula is C21H23FN2O5S3. The van der Waals surface area contributed by atoms with Crippen molar-refractivity contribution in [3.05, 3.63) is 59.9 Å². The molecule has 2 heterocycles. The molecule has 0 saturated carbocycles. The number of hydrogen-bond donors (Lipinski definition) is 0. The summed E-state index contributed by atoms with van der Waals surface area (Å²) in [5.41, 5.74) is 0.489. The fraction of sp³-hybridized carbons (Fsp3) is 0.381. The van der Waals surface area contributed by atoms with Gasteiger partial charge in [-0.15, -0.1) is 11.8 Å². The molecule has 2 saturated heterocycles. The fourth-order valence-corrected chi connectivity index (χ4v) is 8.93. The molecule has 0 bridgehead atoms. The van der Waals surface area contributed by atoms with E-state index >= 15 is 0 Å². The van der Waals surface area contributed by atoms with Gasteiger partial charge in [0, 0.05) is 36.3 Å². The van der Waals surface area contributed by atoms with Gasteiger partial charge >= 0.3 is 0 Å². The molecule has 32 heavy (non-hydrogen) atoms. The minimum Gasteiger partial charge on any atom is -0.336 e. The number of carbonyl (C=O) groups is 1. The predicted octanol–water partition coefficient (Wildman–Crippen LogP) is 2.25. The van der Waals surface area contributed by atoms with E-state index in [4.69, 9.17) is 0 Å². The third-order valence-corrected chi connectivity index (χ3v) is 10.8. The van der Waals surface area contributed by atoms with Gasteiger partial charge in [0.25, 0.3) is 5.91 Å². The van der Waals surface area contributed by atoms with Crippen molar-refractivity contribution < 1.29 is 26.0 Å². The van der Waals surface area contributed by atoms with E-state index in [1.807, 2.05) is 12.1 Å². The molecule has 0 aliphatic carbocycles. The lowest BCUT2D eigenvalue weighted by Crippen LogP contribution is -2.50. The molecule has 1 amide bonds. The zero-order chi connectivity index (χ0) is 22.9. The SMILES string of the molecule is O=C(c1ccccc1S[C@@H]1CCS(=O)(=O)C1)N1CCN(S(=O)(=O)c2cccc(F)c2)CC1. The number of piperazine rings is 1. The number of benzene rings is 2. The van der Waals surface area contributed by atoms with Crippen molar-refractivity contribution >= 4 is 37.5 Å². The summed E-state index contributed by atoms with van der Waals surface area (Å²) >= 11 is 1.41. The fourth-order valence-electron chi connectivity index (χ4n) is 3.86. The summed E-state index contributed by atoms with van der Waals surface area (Å²) in [7, 11) is -6.86. The first kappa shape index (κ1) is 23.2. The number of halogens is 1. The van der Waals surface area contributed by atoms with Crippen LogP contribution in [-0.2, 0) is 19.9 Å². The summed E-state index contributed by atoms with van der Waals surface area (Å²) in [6.45, 7) is 0.649. The van der Waals surface area contributed by atoms with Crippen LogP contribution in [0.1, 0.15) is 16.8 Å². The molecule has 2 aliphatic heterocycles. The summed E-state index contributed by atoms with van der Waals surface area (Å²) in [5.74, 6) is -0.555. The van der Waals surface area contributed by atoms with E-state index < -0.39 is 25.7 Å². The van der Waals surface area contributed by atoms with Crippen molar-refractivity contribution in [2.75, 3.05) is 37.7 Å². The molecule has 7 nitrogen and oxygen atoms in total. The summed E-state index contributed by atoms with van der Waals surface area (Å²) in [6.07, 6.45) is 0.562. The topological polar surface area (TPSA) is 91.8 Å². The van der Waals surface area contributed by atoms with Gasteiger partial charge in [0.15, 0.2) is 9.84 Å². The van der Waals surface area contributed by atoms with E-state index in [0.717, 1.165) is 11.0 Å². The van der Waals surface area contributed by atoms with Crippen molar-refractivity contribution in [1.29, 1.82) is 0 Å². The van der Waals surface area contributed by atoms with Crippen LogP contribution in [-0.4, -0.2) is 74.9 Å². The quantitative estimate of drug-likeness (QED) is 0.628. The number of rotatable bonds is 5. The third-order valence-electron chi connectivity index (χ3n) is 5.56. The average molecular weight is 499 g/mol. The van der Waals surface area contributed by atoms with Crippen LogP contribution < -0.4 is 0 Å². The molecule has 2 fully saturated rings. The highest BCUT2D eigenvalue weighted by molar-refractivity contribution is 8.02. The van der Waals surface area contributed by atoms with Crippen molar-refractivity contribution in [2.45, 2.75) is 21.5 Å². The molecule has 4 rings (SSSR count). The van der Waals surface area contributed by atoms with Gasteiger partial charge < -0.3 is 4.90 Å². The third kappa shape index (κ3) is 5.00. The van der Waals surface area contributed by atoms with Crippen molar-refractivity contribution in [2.24, 2.45) is 0 Å². The van der Waals surface area contributed by atoms with Crippen molar-refractivity contribution in [3.63, 3.8) is 0 Å². The first-order valence-electron chi connectivity index (χ1n) is 10.2. The second-order valence-corrected chi connectivity index (χ2v) is 13.3. The molecule has 2 aliphatic rings. The van der Waals surface area contributed by atoms with Crippen LogP contribution in [0.25, 0.3) is 0 Å². The zero-order valence-electron chi connectivity index (χ0n) is 17.2. The van der Waals surface area contributed by atoms with Crippen LogP contribution in [0.3, 0.4) is 0 Å². The summed E-state index contributed by atoms with van der Waals surface area (Å²) in [4.78, 5) is 15.4. The zero-order valence-corrected chi connectivity index (χ0v) is 19.6. The van der Waals surface area contributed by atoms with E-state index in [9.17, 15) is 26.0 Å². The van der Waals surface area contributed by atoms with Gasteiger partial charge in [0.2, 0.25) is 10.0 Å². The monoisotopic (exact) mass is 498 g/mol. The molecule has 0 radical (unpaired) electrons. The Hall–Kier alpha value is -1.95. The van der Waals surface area contributed by atoms with Crippen LogP contribution in [0.4, 0.5) is 4.39 Å². The second kappa shape index (κ2) is 9.12. The highest BCUT2D eigenvalue weighted by atomic mass is 32.2. The van der Waals surface area contributed by atoms with Gasteiger partial charge in [-0.3, -0.25) is 4.79 Å². The Bertz CT molecular complexity index is 1230. The molecule has 2 aromatic carbocycles. The molecule has 0 spiro atoms. The van der Waals surface area contributed by atoms with Crippen LogP contribution >= 0.6 is 11.8 Å². The average Bonchev–Trinajstić information content (AvgIpc) is 3.12. The highest BCUT2D eigenvalue weighted by Gasteiger charge is 2.33. The standard InChI is InChI=1S/C21H23FN2O5S3/c22-16-4-3-5-18(14-16)32(28,29)24-11-9-23(10-12-24)21(25)19-6-1-2-7-20(19)30-17-8-13-31(26,27)15-17/h1-7,14,17H,8-13,15H2/t17-/m1/s1. The number of amides is 1. The lowest BCUT2D eigenvalue weighted by Gasteiger charge is -2.34. The molecule has 172 valence electrons. The van der Waals surface area contributed by atoms with Crippen molar-refractivity contribution in [1.82, 2.24) is 9.21 Å². The van der Waals surface area contributed by atoms with E-state index in [1.165, 1.54) is 34.3 Å². The number of nitrogens with zero attached hydrogens (tertiary/aromatic N) is 2. The number of carbonyl (C=O) groups excluding carboxylic acids is 1. The largest absolute Gasteiger partial charge is 0.336 e. The number of sulfonamides is 1. The Morgan fingerprint density at radius 1 is 1.03 bits per heavy atom. The molecule has 0 aromatic heterocycles. The van der Waals surface area contributed by atoms with E-state index in [0.29, 0.717) is 12.0 Å². The summed E-state index contributed by atoms with van der Waals surface area (Å²) in [6, 6.07) is 12.0. The van der Waals surface area contributed by atoms with Crippen LogP contribution in [0.5, 0.6) is 0 Å². The maximum atomic E-state index is 13.5. The van der Waals surface area contributed by atoms with E-state index in [1.54, 1.807) is 17.0 Å². The minimum absolute atomic E-state index is 0.0813. The Labute approximate surface area is 191 Å². The Kier molecular flexibility index (Phi) is 6.62.